The van der Waals surface area contributed by atoms with Crippen molar-refractivity contribution in [2.24, 2.45) is 0 Å². The average Bonchev–Trinajstić information content (AvgIpc) is 2.13. The predicted molar refractivity (Wildman–Crippen MR) is 46.8 cm³/mol. The molecule has 12 heavy (non-hydrogen) atoms. The van der Waals surface area contributed by atoms with E-state index in [1.807, 2.05) is 20.8 Å². The van der Waals surface area contributed by atoms with Crippen LogP contribution in [0.15, 0.2) is 0 Å². The molecule has 0 saturated heterocycles. The molecule has 0 aliphatic carbocycles. The number of rotatable bonds is 6. The Morgan fingerprint density at radius 1 is 1.42 bits per heavy atom. The zero-order valence-electron chi connectivity index (χ0n) is 8.04. The molecule has 0 rings (SSSR count). The quantitative estimate of drug-likeness (QED) is 0.620. The third kappa shape index (κ3) is 2.21. The first-order valence-electron chi connectivity index (χ1n) is 4.46. The number of carbonyl (C=O) groups excluding carboxylic acids is 1. The van der Waals surface area contributed by atoms with Crippen LogP contribution < -0.4 is 0 Å². The van der Waals surface area contributed by atoms with Gasteiger partial charge in [-0.05, 0) is 19.3 Å². The van der Waals surface area contributed by atoms with E-state index < -0.39 is 11.7 Å². The summed E-state index contributed by atoms with van der Waals surface area (Å²) in [6.07, 6.45) is 1.35. The maximum atomic E-state index is 10.2. The van der Waals surface area contributed by atoms with Gasteiger partial charge in [-0.1, -0.05) is 20.8 Å². The van der Waals surface area contributed by atoms with E-state index in [4.69, 9.17) is 4.74 Å². The molecule has 1 unspecified atom stereocenters. The van der Waals surface area contributed by atoms with E-state index in [0.29, 0.717) is 25.7 Å². The fraction of sp³-hybridized carbons (Fsp3) is 0.889. The minimum Gasteiger partial charge on any atom is -0.459 e. The lowest BCUT2D eigenvalue weighted by Crippen LogP contribution is -2.43. The standard InChI is InChI=1S/C9H18O3/c1-4-8(11)9(5-2,6-3)12-7-10/h7-8,11H,4-6H2,1-3H3. The Hall–Kier alpha value is -0.570. The number of carbonyl (C=O) groups is 1. The van der Waals surface area contributed by atoms with Gasteiger partial charge in [-0.2, -0.15) is 0 Å². The van der Waals surface area contributed by atoms with Gasteiger partial charge >= 0.3 is 0 Å². The van der Waals surface area contributed by atoms with Crippen LogP contribution >= 0.6 is 0 Å². The largest absolute Gasteiger partial charge is 0.459 e. The van der Waals surface area contributed by atoms with Crippen molar-refractivity contribution in [2.75, 3.05) is 0 Å². The highest BCUT2D eigenvalue weighted by Gasteiger charge is 2.35. The van der Waals surface area contributed by atoms with Gasteiger partial charge in [0.05, 0.1) is 6.10 Å². The third-order valence-corrected chi connectivity index (χ3v) is 2.47. The van der Waals surface area contributed by atoms with Crippen molar-refractivity contribution in [1.82, 2.24) is 0 Å². The number of hydrogen-bond acceptors (Lipinski definition) is 3. The second kappa shape index (κ2) is 5.14. The predicted octanol–water partition coefficient (Wildman–Crippen LogP) is 1.49. The second-order valence-electron chi connectivity index (χ2n) is 2.91. The van der Waals surface area contributed by atoms with Gasteiger partial charge in [-0.3, -0.25) is 4.79 Å². The Bertz CT molecular complexity index is 130. The monoisotopic (exact) mass is 174 g/mol. The normalized spacial score (nSPS) is 14.0. The Balaban J connectivity index is 4.43. The van der Waals surface area contributed by atoms with Gasteiger partial charge in [0.25, 0.3) is 6.47 Å². The molecule has 0 aromatic rings. The maximum absolute atomic E-state index is 10.2. The van der Waals surface area contributed by atoms with E-state index in [1.165, 1.54) is 0 Å². The Morgan fingerprint density at radius 2 is 1.92 bits per heavy atom. The van der Waals surface area contributed by atoms with Crippen molar-refractivity contribution in [1.29, 1.82) is 0 Å². The van der Waals surface area contributed by atoms with Crippen LogP contribution in [0.5, 0.6) is 0 Å². The summed E-state index contributed by atoms with van der Waals surface area (Å²) < 4.78 is 4.95. The number of hydrogen-bond donors (Lipinski definition) is 1. The van der Waals surface area contributed by atoms with Gasteiger partial charge in [0.1, 0.15) is 5.60 Å². The lowest BCUT2D eigenvalue weighted by Gasteiger charge is -2.33. The summed E-state index contributed by atoms with van der Waals surface area (Å²) in [6, 6.07) is 0. The molecule has 1 atom stereocenters. The lowest BCUT2D eigenvalue weighted by atomic mass is 9.89. The number of aliphatic hydroxyl groups excluding tert-OH is 1. The fourth-order valence-electron chi connectivity index (χ4n) is 1.43. The average molecular weight is 174 g/mol. The van der Waals surface area contributed by atoms with E-state index in [1.54, 1.807) is 0 Å². The van der Waals surface area contributed by atoms with Crippen molar-refractivity contribution >= 4 is 6.47 Å². The molecule has 0 aromatic carbocycles. The van der Waals surface area contributed by atoms with E-state index in [2.05, 4.69) is 0 Å². The van der Waals surface area contributed by atoms with Gasteiger partial charge in [-0.15, -0.1) is 0 Å². The molecule has 3 heteroatoms. The fourth-order valence-corrected chi connectivity index (χ4v) is 1.43. The molecule has 0 saturated carbocycles. The van der Waals surface area contributed by atoms with Gasteiger partial charge in [-0.25, -0.2) is 0 Å². The smallest absolute Gasteiger partial charge is 0.293 e. The summed E-state index contributed by atoms with van der Waals surface area (Å²) in [7, 11) is 0. The van der Waals surface area contributed by atoms with E-state index >= 15 is 0 Å². The molecular formula is C9H18O3. The summed E-state index contributed by atoms with van der Waals surface area (Å²) in [5, 5.41) is 9.62. The zero-order chi connectivity index (χ0) is 9.61. The summed E-state index contributed by atoms with van der Waals surface area (Å²) in [6.45, 7) is 6.11. The summed E-state index contributed by atoms with van der Waals surface area (Å²) in [5.41, 5.74) is -0.670. The molecular weight excluding hydrogens is 156 g/mol. The minimum absolute atomic E-state index is 0.422. The van der Waals surface area contributed by atoms with Crippen LogP contribution in [0.1, 0.15) is 40.0 Å². The first kappa shape index (κ1) is 11.4. The molecule has 3 nitrogen and oxygen atoms in total. The Kier molecular flexibility index (Phi) is 4.90. The highest BCUT2D eigenvalue weighted by Crippen LogP contribution is 2.25. The summed E-state index contributed by atoms with van der Waals surface area (Å²) >= 11 is 0. The van der Waals surface area contributed by atoms with Crippen LogP contribution in [0.25, 0.3) is 0 Å². The van der Waals surface area contributed by atoms with E-state index in [9.17, 15) is 9.90 Å². The molecule has 72 valence electrons. The molecule has 1 N–H and O–H groups in total. The van der Waals surface area contributed by atoms with Crippen molar-refractivity contribution in [3.8, 4) is 0 Å². The van der Waals surface area contributed by atoms with Gasteiger partial charge in [0, 0.05) is 0 Å². The van der Waals surface area contributed by atoms with Crippen molar-refractivity contribution < 1.29 is 14.6 Å². The number of ether oxygens (including phenoxy) is 1. The molecule has 0 heterocycles. The SMILES string of the molecule is CCC(O)C(CC)(CC)OC=O. The first-order chi connectivity index (χ1) is 5.66. The van der Waals surface area contributed by atoms with Crippen LogP contribution in [0.2, 0.25) is 0 Å². The van der Waals surface area contributed by atoms with Gasteiger partial charge < -0.3 is 9.84 Å². The molecule has 0 radical (unpaired) electrons. The van der Waals surface area contributed by atoms with Crippen LogP contribution in [0.3, 0.4) is 0 Å². The molecule has 0 aliphatic rings. The maximum Gasteiger partial charge on any atom is 0.293 e. The van der Waals surface area contributed by atoms with Gasteiger partial charge in [0.2, 0.25) is 0 Å². The lowest BCUT2D eigenvalue weighted by molar-refractivity contribution is -0.160. The topological polar surface area (TPSA) is 46.5 Å². The summed E-state index contributed by atoms with van der Waals surface area (Å²) in [5.74, 6) is 0. The molecule has 0 bridgehead atoms. The van der Waals surface area contributed by atoms with Gasteiger partial charge in [0.15, 0.2) is 0 Å². The number of aliphatic hydroxyl groups is 1. The van der Waals surface area contributed by atoms with E-state index in [0.717, 1.165) is 0 Å². The van der Waals surface area contributed by atoms with Crippen LogP contribution in [0.4, 0.5) is 0 Å². The minimum atomic E-state index is -0.670. The van der Waals surface area contributed by atoms with Crippen LogP contribution in [-0.2, 0) is 9.53 Å². The molecule has 0 amide bonds. The summed E-state index contributed by atoms with van der Waals surface area (Å²) in [4.78, 5) is 10.2. The third-order valence-electron chi connectivity index (χ3n) is 2.47. The van der Waals surface area contributed by atoms with E-state index in [-0.39, 0.29) is 0 Å². The zero-order valence-corrected chi connectivity index (χ0v) is 8.04. The molecule has 0 spiro atoms. The molecule has 0 fully saturated rings. The highest BCUT2D eigenvalue weighted by atomic mass is 16.5. The van der Waals surface area contributed by atoms with Crippen molar-refractivity contribution in [3.05, 3.63) is 0 Å². The molecule has 0 aliphatic heterocycles. The first-order valence-corrected chi connectivity index (χ1v) is 4.46. The Morgan fingerprint density at radius 3 is 2.17 bits per heavy atom. The van der Waals surface area contributed by atoms with Crippen LogP contribution in [0, 0.1) is 0 Å². The second-order valence-corrected chi connectivity index (χ2v) is 2.91. The van der Waals surface area contributed by atoms with Crippen molar-refractivity contribution in [3.63, 3.8) is 0 Å². The molecule has 0 aromatic heterocycles. The van der Waals surface area contributed by atoms with Crippen molar-refractivity contribution in [2.45, 2.75) is 51.7 Å². The highest BCUT2D eigenvalue weighted by molar-refractivity contribution is 5.38. The Labute approximate surface area is 73.7 Å². The van der Waals surface area contributed by atoms with Crippen LogP contribution in [-0.4, -0.2) is 23.3 Å².